The van der Waals surface area contributed by atoms with Gasteiger partial charge >= 0.3 is 35.8 Å². The Labute approximate surface area is 257 Å². The van der Waals surface area contributed by atoms with E-state index in [-0.39, 0.29) is 19.8 Å². The Morgan fingerprint density at radius 1 is 0.545 bits per heavy atom. The van der Waals surface area contributed by atoms with Gasteiger partial charge in [-0.05, 0) is 27.7 Å². The zero-order valence-electron chi connectivity index (χ0n) is 25.6. The Kier molecular flexibility index (Phi) is 19.7. The van der Waals surface area contributed by atoms with E-state index >= 15 is 0 Å². The van der Waals surface area contributed by atoms with Gasteiger partial charge in [0.1, 0.15) is 38.1 Å². The first kappa shape index (κ1) is 41.4. The zero-order valence-corrected chi connectivity index (χ0v) is 25.6. The molecule has 44 heavy (non-hydrogen) atoms. The summed E-state index contributed by atoms with van der Waals surface area (Å²) in [5.41, 5.74) is -2.29. The number of hydrogen-bond donors (Lipinski definition) is 1. The van der Waals surface area contributed by atoms with Gasteiger partial charge in [0.15, 0.2) is 0 Å². The number of rotatable bonds is 19. The zero-order chi connectivity index (χ0) is 34.5. The molecule has 0 aliphatic heterocycles. The lowest BCUT2D eigenvalue weighted by molar-refractivity contribution is -0.185. The smallest absolute Gasteiger partial charge is 0.330 e. The minimum absolute atomic E-state index is 0.330. The number of esters is 6. The highest BCUT2D eigenvalue weighted by atomic mass is 16.6. The third-order valence-electron chi connectivity index (χ3n) is 6.40. The molecule has 0 aromatic carbocycles. The maximum atomic E-state index is 11.5. The van der Waals surface area contributed by atoms with E-state index in [0.717, 1.165) is 36.5 Å². The topological polar surface area (TPSA) is 178 Å². The van der Waals surface area contributed by atoms with E-state index in [9.17, 15) is 33.9 Å². The van der Waals surface area contributed by atoms with Gasteiger partial charge in [-0.25, -0.2) is 28.8 Å². The minimum atomic E-state index is -1.28. The summed E-state index contributed by atoms with van der Waals surface area (Å²) in [7, 11) is 0. The van der Waals surface area contributed by atoms with E-state index in [0.29, 0.717) is 0 Å². The molecule has 0 radical (unpaired) electrons. The summed E-state index contributed by atoms with van der Waals surface area (Å²) in [5.74, 6) is -4.07. The van der Waals surface area contributed by atoms with Crippen molar-refractivity contribution in [2.45, 2.75) is 46.0 Å². The summed E-state index contributed by atoms with van der Waals surface area (Å²) in [6.07, 6.45) is 3.71. The Hall–Kier alpha value is -4.78. The van der Waals surface area contributed by atoms with E-state index in [1.54, 1.807) is 27.7 Å². The van der Waals surface area contributed by atoms with Crippen molar-refractivity contribution in [2.75, 3.05) is 26.4 Å². The molecule has 0 saturated heterocycles. The Morgan fingerprint density at radius 3 is 0.955 bits per heavy atom. The molecule has 0 aliphatic rings. The van der Waals surface area contributed by atoms with Crippen LogP contribution in [0.3, 0.4) is 0 Å². The second-order valence-electron chi connectivity index (χ2n) is 9.31. The molecule has 0 aromatic heterocycles. The van der Waals surface area contributed by atoms with Crippen molar-refractivity contribution in [3.63, 3.8) is 0 Å². The Bertz CT molecular complexity index is 959. The van der Waals surface area contributed by atoms with Crippen LogP contribution in [0.2, 0.25) is 0 Å². The third kappa shape index (κ3) is 14.4. The van der Waals surface area contributed by atoms with Crippen molar-refractivity contribution in [2.24, 2.45) is 10.8 Å². The average Bonchev–Trinajstić information content (AvgIpc) is 3.03. The fourth-order valence-corrected chi connectivity index (χ4v) is 3.15. The van der Waals surface area contributed by atoms with Crippen molar-refractivity contribution >= 4 is 35.8 Å². The summed E-state index contributed by atoms with van der Waals surface area (Å²) in [5, 5.41) is 9.48. The summed E-state index contributed by atoms with van der Waals surface area (Å²) < 4.78 is 30.2. The fraction of sp³-hybridized carbons (Fsp3) is 0.419. The third-order valence-corrected chi connectivity index (χ3v) is 6.40. The Balaban J connectivity index is 0. The van der Waals surface area contributed by atoms with Gasteiger partial charge in [-0.15, -0.1) is 0 Å². The molecule has 3 atom stereocenters. The first-order valence-corrected chi connectivity index (χ1v) is 13.0. The van der Waals surface area contributed by atoms with Gasteiger partial charge in [-0.2, -0.15) is 0 Å². The van der Waals surface area contributed by atoms with Crippen LogP contribution in [0.25, 0.3) is 0 Å². The van der Waals surface area contributed by atoms with Crippen LogP contribution in [0.4, 0.5) is 0 Å². The van der Waals surface area contributed by atoms with Crippen LogP contribution >= 0.6 is 0 Å². The van der Waals surface area contributed by atoms with Gasteiger partial charge in [-0.3, -0.25) is 0 Å². The molecule has 244 valence electrons. The lowest BCUT2D eigenvalue weighted by Crippen LogP contribution is -2.52. The number of aliphatic hydroxyl groups excluding tert-OH is 1. The van der Waals surface area contributed by atoms with Crippen LogP contribution in [0.15, 0.2) is 75.9 Å². The monoisotopic (exact) mass is 622 g/mol. The van der Waals surface area contributed by atoms with E-state index in [1.807, 2.05) is 0 Å². The standard InChI is InChI=1S/C17H24O6.C14H18O7/c1-8-14(18)21-11(4)17(7,12(5)22-15(19)9-2)13(6)23-16(20)10-3;1-4-11(16)19-8-14(7-15,9-20-12(17)5-2)10-21-13(18)6-3/h8-13H,1-3H2,4-7H3;4-6,15H,1-3,7-10H2. The molecular weight excluding hydrogens is 580 g/mol. The molecule has 0 aliphatic carbocycles. The first-order chi connectivity index (χ1) is 20.5. The molecule has 0 aromatic rings. The first-order valence-electron chi connectivity index (χ1n) is 13.0. The number of hydrogen-bond acceptors (Lipinski definition) is 13. The summed E-state index contributed by atoms with van der Waals surface area (Å²) >= 11 is 0. The molecule has 3 unspecified atom stereocenters. The second kappa shape index (κ2) is 21.0. The van der Waals surface area contributed by atoms with Crippen LogP contribution in [-0.2, 0) is 57.2 Å². The molecule has 13 nitrogen and oxygen atoms in total. The highest BCUT2D eigenvalue weighted by Crippen LogP contribution is 2.36. The normalized spacial score (nSPS) is 13.6. The molecule has 0 amide bonds. The highest BCUT2D eigenvalue weighted by Gasteiger charge is 2.47. The SMILES string of the molecule is C=CC(=O)OC(C)C(C)(C(C)OC(=O)C=C)C(C)OC(=O)C=C.C=CC(=O)OCC(CO)(COC(=O)C=C)COC(=O)C=C. The van der Waals surface area contributed by atoms with Crippen molar-refractivity contribution in [1.82, 2.24) is 0 Å². The number of carbonyl (C=O) groups excluding carboxylic acids is 6. The quantitative estimate of drug-likeness (QED) is 0.126. The minimum Gasteiger partial charge on any atom is -0.462 e. The van der Waals surface area contributed by atoms with E-state index in [2.05, 4.69) is 39.5 Å². The van der Waals surface area contributed by atoms with Gasteiger partial charge in [-0.1, -0.05) is 39.5 Å². The van der Waals surface area contributed by atoms with Crippen LogP contribution < -0.4 is 0 Å². The van der Waals surface area contributed by atoms with Crippen molar-refractivity contribution in [3.05, 3.63) is 75.9 Å². The second-order valence-corrected chi connectivity index (χ2v) is 9.31. The molecule has 0 heterocycles. The largest absolute Gasteiger partial charge is 0.462 e. The molecule has 0 saturated carbocycles. The van der Waals surface area contributed by atoms with Gasteiger partial charge < -0.3 is 33.5 Å². The van der Waals surface area contributed by atoms with Gasteiger partial charge in [0, 0.05) is 36.5 Å². The predicted octanol–water partition coefficient (Wildman–Crippen LogP) is 2.50. The molecule has 0 fully saturated rings. The molecule has 0 rings (SSSR count). The van der Waals surface area contributed by atoms with Crippen molar-refractivity contribution < 1.29 is 62.3 Å². The van der Waals surface area contributed by atoms with E-state index in [1.165, 1.54) is 0 Å². The van der Waals surface area contributed by atoms with Crippen LogP contribution in [0.5, 0.6) is 0 Å². The Morgan fingerprint density at radius 2 is 0.773 bits per heavy atom. The van der Waals surface area contributed by atoms with Crippen LogP contribution in [0, 0.1) is 10.8 Å². The molecular formula is C31H42O13. The fourth-order valence-electron chi connectivity index (χ4n) is 3.15. The van der Waals surface area contributed by atoms with Gasteiger partial charge in [0.25, 0.3) is 0 Å². The summed E-state index contributed by atoms with van der Waals surface area (Å²) in [6.45, 7) is 24.7. The number of aliphatic hydroxyl groups is 1. The lowest BCUT2D eigenvalue weighted by atomic mass is 9.75. The maximum absolute atomic E-state index is 11.5. The van der Waals surface area contributed by atoms with Crippen molar-refractivity contribution in [3.8, 4) is 0 Å². The average molecular weight is 623 g/mol. The van der Waals surface area contributed by atoms with Crippen molar-refractivity contribution in [1.29, 1.82) is 0 Å². The van der Waals surface area contributed by atoms with Crippen LogP contribution in [0.1, 0.15) is 27.7 Å². The highest BCUT2D eigenvalue weighted by molar-refractivity contribution is 5.83. The van der Waals surface area contributed by atoms with Crippen LogP contribution in [-0.4, -0.2) is 85.7 Å². The lowest BCUT2D eigenvalue weighted by Gasteiger charge is -2.42. The molecule has 1 N–H and O–H groups in total. The molecule has 0 bridgehead atoms. The summed E-state index contributed by atoms with van der Waals surface area (Å²) in [6, 6.07) is 0. The predicted molar refractivity (Wildman–Crippen MR) is 158 cm³/mol. The summed E-state index contributed by atoms with van der Waals surface area (Å²) in [4.78, 5) is 67.7. The molecule has 0 spiro atoms. The van der Waals surface area contributed by atoms with E-state index < -0.39 is 71.6 Å². The molecule has 13 heteroatoms. The number of ether oxygens (including phenoxy) is 6. The number of carbonyl (C=O) groups is 6. The van der Waals surface area contributed by atoms with Gasteiger partial charge in [0.05, 0.1) is 17.4 Å². The van der Waals surface area contributed by atoms with Gasteiger partial charge in [0.2, 0.25) is 0 Å². The van der Waals surface area contributed by atoms with E-state index in [4.69, 9.17) is 28.4 Å². The maximum Gasteiger partial charge on any atom is 0.330 e.